The average molecular weight is 479 g/mol. The van der Waals surface area contributed by atoms with E-state index in [2.05, 4.69) is 4.99 Å². The van der Waals surface area contributed by atoms with Crippen LogP contribution in [0.2, 0.25) is 5.02 Å². The van der Waals surface area contributed by atoms with Crippen molar-refractivity contribution < 1.29 is 14.3 Å². The summed E-state index contributed by atoms with van der Waals surface area (Å²) >= 11 is 7.61. The highest BCUT2D eigenvalue weighted by molar-refractivity contribution is 8.18. The van der Waals surface area contributed by atoms with Gasteiger partial charge in [-0.1, -0.05) is 48.0 Å². The molecule has 0 saturated carbocycles. The predicted octanol–water partition coefficient (Wildman–Crippen LogP) is 6.55. The number of halogens is 1. The standard InChI is InChI=1S/C26H23ClN2O3S/c1-3-29-25(30)24(33-26(29)28-20-12-14-21(31-2)15-13-20)16-18-8-5-7-11-23(18)32-17-19-9-4-6-10-22(19)27/h4-16H,3,17H2,1-2H3/b24-16+,28-26?. The molecule has 7 heteroatoms. The van der Waals surface area contributed by atoms with E-state index in [4.69, 9.17) is 21.1 Å². The molecule has 0 aromatic heterocycles. The number of aliphatic imine (C=N–C) groups is 1. The summed E-state index contributed by atoms with van der Waals surface area (Å²) in [5.74, 6) is 1.37. The van der Waals surface area contributed by atoms with Crippen molar-refractivity contribution in [2.45, 2.75) is 13.5 Å². The first kappa shape index (κ1) is 23.0. The maximum absolute atomic E-state index is 13.1. The Balaban J connectivity index is 1.58. The third kappa shape index (κ3) is 5.41. The maximum atomic E-state index is 13.1. The van der Waals surface area contributed by atoms with Crippen LogP contribution in [0.4, 0.5) is 5.69 Å². The fourth-order valence-corrected chi connectivity index (χ4v) is 4.52. The highest BCUT2D eigenvalue weighted by atomic mass is 35.5. The van der Waals surface area contributed by atoms with Gasteiger partial charge in [0, 0.05) is 22.7 Å². The SMILES string of the molecule is CCN1C(=O)/C(=C\c2ccccc2OCc2ccccc2Cl)SC1=Nc1ccc(OC)cc1. The minimum absolute atomic E-state index is 0.0735. The lowest BCUT2D eigenvalue weighted by molar-refractivity contribution is -0.122. The molecule has 1 aliphatic rings. The third-order valence-corrected chi connectivity index (χ3v) is 6.42. The third-order valence-electron chi connectivity index (χ3n) is 5.05. The molecule has 1 saturated heterocycles. The number of carbonyl (C=O) groups is 1. The molecule has 0 aliphatic carbocycles. The number of carbonyl (C=O) groups excluding carboxylic acids is 1. The topological polar surface area (TPSA) is 51.1 Å². The summed E-state index contributed by atoms with van der Waals surface area (Å²) in [6.07, 6.45) is 1.86. The molecule has 1 amide bonds. The van der Waals surface area contributed by atoms with Gasteiger partial charge in [0.2, 0.25) is 0 Å². The lowest BCUT2D eigenvalue weighted by Crippen LogP contribution is -2.28. The molecule has 1 aliphatic heterocycles. The molecule has 168 valence electrons. The molecule has 3 aromatic carbocycles. The van der Waals surface area contributed by atoms with Crippen LogP contribution in [0.25, 0.3) is 6.08 Å². The number of methoxy groups -OCH3 is 1. The van der Waals surface area contributed by atoms with Crippen LogP contribution < -0.4 is 9.47 Å². The van der Waals surface area contributed by atoms with Gasteiger partial charge in [-0.3, -0.25) is 9.69 Å². The summed E-state index contributed by atoms with van der Waals surface area (Å²) in [5, 5.41) is 1.31. The van der Waals surface area contributed by atoms with Crippen molar-refractivity contribution in [3.8, 4) is 11.5 Å². The van der Waals surface area contributed by atoms with Crippen LogP contribution in [-0.4, -0.2) is 29.6 Å². The van der Waals surface area contributed by atoms with E-state index in [0.717, 1.165) is 22.6 Å². The van der Waals surface area contributed by atoms with Gasteiger partial charge in [0.15, 0.2) is 5.17 Å². The summed E-state index contributed by atoms with van der Waals surface area (Å²) in [7, 11) is 1.62. The summed E-state index contributed by atoms with van der Waals surface area (Å²) in [6.45, 7) is 2.81. The Morgan fingerprint density at radius 2 is 1.76 bits per heavy atom. The van der Waals surface area contributed by atoms with Crippen molar-refractivity contribution >= 4 is 46.2 Å². The summed E-state index contributed by atoms with van der Waals surface area (Å²) in [5.41, 5.74) is 2.48. The minimum atomic E-state index is -0.0735. The van der Waals surface area contributed by atoms with Crippen molar-refractivity contribution in [1.29, 1.82) is 0 Å². The van der Waals surface area contributed by atoms with Crippen molar-refractivity contribution in [2.24, 2.45) is 4.99 Å². The second kappa shape index (κ2) is 10.6. The summed E-state index contributed by atoms with van der Waals surface area (Å²) < 4.78 is 11.2. The Hall–Kier alpha value is -3.22. The van der Waals surface area contributed by atoms with E-state index in [-0.39, 0.29) is 5.91 Å². The predicted molar refractivity (Wildman–Crippen MR) is 135 cm³/mol. The summed E-state index contributed by atoms with van der Waals surface area (Å²) in [4.78, 5) is 20.0. The van der Waals surface area contributed by atoms with Crippen molar-refractivity contribution in [2.75, 3.05) is 13.7 Å². The molecule has 33 heavy (non-hydrogen) atoms. The highest BCUT2D eigenvalue weighted by Gasteiger charge is 2.32. The highest BCUT2D eigenvalue weighted by Crippen LogP contribution is 2.35. The van der Waals surface area contributed by atoms with Gasteiger partial charge >= 0.3 is 0 Å². The Labute approximate surface area is 202 Å². The van der Waals surface area contributed by atoms with Crippen LogP contribution >= 0.6 is 23.4 Å². The van der Waals surface area contributed by atoms with Crippen LogP contribution in [0.1, 0.15) is 18.1 Å². The minimum Gasteiger partial charge on any atom is -0.497 e. The molecule has 0 radical (unpaired) electrons. The zero-order valence-electron chi connectivity index (χ0n) is 18.3. The largest absolute Gasteiger partial charge is 0.497 e. The second-order valence-electron chi connectivity index (χ2n) is 7.17. The Morgan fingerprint density at radius 1 is 1.03 bits per heavy atom. The van der Waals surface area contributed by atoms with Crippen LogP contribution in [-0.2, 0) is 11.4 Å². The van der Waals surface area contributed by atoms with Crippen LogP contribution in [0.15, 0.2) is 82.7 Å². The average Bonchev–Trinajstić information content (AvgIpc) is 3.13. The number of benzene rings is 3. The van der Waals surface area contributed by atoms with E-state index in [0.29, 0.717) is 34.0 Å². The molecule has 1 fully saturated rings. The molecule has 4 rings (SSSR count). The number of nitrogens with zero attached hydrogens (tertiary/aromatic N) is 2. The normalized spacial score (nSPS) is 16.0. The zero-order chi connectivity index (χ0) is 23.2. The Morgan fingerprint density at radius 3 is 2.48 bits per heavy atom. The first-order valence-electron chi connectivity index (χ1n) is 10.5. The maximum Gasteiger partial charge on any atom is 0.266 e. The van der Waals surface area contributed by atoms with E-state index >= 15 is 0 Å². The molecule has 3 aromatic rings. The van der Waals surface area contributed by atoms with E-state index < -0.39 is 0 Å². The number of amides is 1. The van der Waals surface area contributed by atoms with Crippen LogP contribution in [0.3, 0.4) is 0 Å². The monoisotopic (exact) mass is 478 g/mol. The number of likely N-dealkylation sites (N-methyl/N-ethyl adjacent to an activating group) is 1. The van der Waals surface area contributed by atoms with Crippen molar-refractivity contribution in [3.05, 3.63) is 93.9 Å². The van der Waals surface area contributed by atoms with Gasteiger partial charge in [0.05, 0.1) is 17.7 Å². The lowest BCUT2D eigenvalue weighted by atomic mass is 10.1. The van der Waals surface area contributed by atoms with Gasteiger partial charge in [-0.25, -0.2) is 4.99 Å². The van der Waals surface area contributed by atoms with Gasteiger partial charge in [-0.2, -0.15) is 0 Å². The van der Waals surface area contributed by atoms with Gasteiger partial charge in [-0.05, 0) is 61.2 Å². The van der Waals surface area contributed by atoms with E-state index in [1.807, 2.05) is 85.8 Å². The molecule has 1 heterocycles. The number of ether oxygens (including phenoxy) is 2. The van der Waals surface area contributed by atoms with Gasteiger partial charge in [-0.15, -0.1) is 0 Å². The van der Waals surface area contributed by atoms with E-state index in [1.54, 1.807) is 12.0 Å². The van der Waals surface area contributed by atoms with Crippen LogP contribution in [0.5, 0.6) is 11.5 Å². The fraction of sp³-hybridized carbons (Fsp3) is 0.154. The smallest absolute Gasteiger partial charge is 0.266 e. The van der Waals surface area contributed by atoms with Gasteiger partial charge in [0.1, 0.15) is 18.1 Å². The molecule has 0 atom stereocenters. The molecule has 0 unspecified atom stereocenters. The number of para-hydroxylation sites is 1. The Bertz CT molecular complexity index is 1210. The molecule has 0 N–H and O–H groups in total. The summed E-state index contributed by atoms with van der Waals surface area (Å²) in [6, 6.07) is 22.6. The number of rotatable bonds is 7. The van der Waals surface area contributed by atoms with Gasteiger partial charge < -0.3 is 9.47 Å². The first-order chi connectivity index (χ1) is 16.1. The van der Waals surface area contributed by atoms with Crippen LogP contribution in [0, 0.1) is 0 Å². The van der Waals surface area contributed by atoms with Crippen molar-refractivity contribution in [3.63, 3.8) is 0 Å². The molecule has 0 spiro atoms. The van der Waals surface area contributed by atoms with E-state index in [1.165, 1.54) is 11.8 Å². The lowest BCUT2D eigenvalue weighted by Gasteiger charge is -2.12. The fourth-order valence-electron chi connectivity index (χ4n) is 3.28. The number of hydrogen-bond acceptors (Lipinski definition) is 5. The van der Waals surface area contributed by atoms with Gasteiger partial charge in [0.25, 0.3) is 5.91 Å². The van der Waals surface area contributed by atoms with Crippen molar-refractivity contribution in [1.82, 2.24) is 4.90 Å². The second-order valence-corrected chi connectivity index (χ2v) is 8.59. The molecular formula is C26H23ClN2O3S. The number of amidine groups is 1. The quantitative estimate of drug-likeness (QED) is 0.361. The Kier molecular flexibility index (Phi) is 7.37. The number of hydrogen-bond donors (Lipinski definition) is 0. The zero-order valence-corrected chi connectivity index (χ0v) is 19.9. The number of thioether (sulfide) groups is 1. The van der Waals surface area contributed by atoms with E-state index in [9.17, 15) is 4.79 Å². The first-order valence-corrected chi connectivity index (χ1v) is 11.7. The molecule has 5 nitrogen and oxygen atoms in total. The molecule has 0 bridgehead atoms. The molecular weight excluding hydrogens is 456 g/mol.